The third-order valence-electron chi connectivity index (χ3n) is 4.20. The van der Waals surface area contributed by atoms with Gasteiger partial charge in [-0.05, 0) is 48.0 Å². The largest absolute Gasteiger partial charge is 0.493 e. The van der Waals surface area contributed by atoms with Crippen LogP contribution in [0, 0.1) is 5.82 Å². The SMILES string of the molecule is COc1ccc(CN(c2cccc(F)c2)S(=O)(=O)c2ccccc2)cc1OC. The Labute approximate surface area is 164 Å². The summed E-state index contributed by atoms with van der Waals surface area (Å²) < 4.78 is 52.1. The molecule has 28 heavy (non-hydrogen) atoms. The zero-order valence-corrected chi connectivity index (χ0v) is 16.3. The van der Waals surface area contributed by atoms with Gasteiger partial charge in [-0.15, -0.1) is 0 Å². The van der Waals surface area contributed by atoms with Crippen LogP contribution in [0.5, 0.6) is 11.5 Å². The first-order chi connectivity index (χ1) is 13.5. The fourth-order valence-electron chi connectivity index (χ4n) is 2.81. The van der Waals surface area contributed by atoms with Crippen molar-refractivity contribution in [1.82, 2.24) is 0 Å². The molecule has 0 radical (unpaired) electrons. The third kappa shape index (κ3) is 4.09. The molecule has 0 heterocycles. The van der Waals surface area contributed by atoms with Crippen LogP contribution < -0.4 is 13.8 Å². The van der Waals surface area contributed by atoms with E-state index in [0.717, 1.165) is 0 Å². The molecule has 0 aliphatic heterocycles. The standard InChI is InChI=1S/C21H20FNO4S/c1-26-20-12-11-16(13-21(20)27-2)15-23(18-8-6-7-17(22)14-18)28(24,25)19-9-4-3-5-10-19/h3-14H,15H2,1-2H3. The first-order valence-electron chi connectivity index (χ1n) is 8.50. The molecule has 3 rings (SSSR count). The topological polar surface area (TPSA) is 55.8 Å². The molecular weight excluding hydrogens is 381 g/mol. The molecular formula is C21H20FNO4S. The van der Waals surface area contributed by atoms with Crippen LogP contribution in [0.4, 0.5) is 10.1 Å². The maximum absolute atomic E-state index is 13.8. The molecule has 0 spiro atoms. The van der Waals surface area contributed by atoms with Gasteiger partial charge in [0.05, 0.1) is 31.3 Å². The maximum atomic E-state index is 13.8. The Morgan fingerprint density at radius 2 is 1.57 bits per heavy atom. The predicted molar refractivity (Wildman–Crippen MR) is 106 cm³/mol. The Bertz CT molecular complexity index is 1060. The molecule has 0 amide bonds. The second-order valence-electron chi connectivity index (χ2n) is 5.99. The first kappa shape index (κ1) is 19.7. The summed E-state index contributed by atoms with van der Waals surface area (Å²) >= 11 is 0. The van der Waals surface area contributed by atoms with Gasteiger partial charge in [0, 0.05) is 0 Å². The Morgan fingerprint density at radius 1 is 0.857 bits per heavy atom. The van der Waals surface area contributed by atoms with Crippen molar-refractivity contribution in [3.05, 3.63) is 84.2 Å². The zero-order valence-electron chi connectivity index (χ0n) is 15.5. The number of halogens is 1. The van der Waals surface area contributed by atoms with Crippen molar-refractivity contribution in [1.29, 1.82) is 0 Å². The Balaban J connectivity index is 2.07. The van der Waals surface area contributed by atoms with Gasteiger partial charge in [0.1, 0.15) is 5.82 Å². The van der Waals surface area contributed by atoms with E-state index in [-0.39, 0.29) is 17.1 Å². The number of hydrogen-bond acceptors (Lipinski definition) is 4. The lowest BCUT2D eigenvalue weighted by atomic mass is 10.2. The quantitative estimate of drug-likeness (QED) is 0.594. The number of nitrogens with zero attached hydrogens (tertiary/aromatic N) is 1. The number of benzene rings is 3. The highest BCUT2D eigenvalue weighted by Gasteiger charge is 2.25. The van der Waals surface area contributed by atoms with Gasteiger partial charge in [-0.3, -0.25) is 4.31 Å². The molecule has 0 saturated carbocycles. The molecule has 0 aromatic heterocycles. The van der Waals surface area contributed by atoms with Gasteiger partial charge in [0.2, 0.25) is 0 Å². The van der Waals surface area contributed by atoms with Gasteiger partial charge in [0.15, 0.2) is 11.5 Å². The van der Waals surface area contributed by atoms with E-state index in [4.69, 9.17) is 9.47 Å². The summed E-state index contributed by atoms with van der Waals surface area (Å²) in [7, 11) is -0.879. The van der Waals surface area contributed by atoms with E-state index >= 15 is 0 Å². The fourth-order valence-corrected chi connectivity index (χ4v) is 4.28. The van der Waals surface area contributed by atoms with Gasteiger partial charge >= 0.3 is 0 Å². The van der Waals surface area contributed by atoms with E-state index in [2.05, 4.69) is 0 Å². The number of rotatable bonds is 7. The van der Waals surface area contributed by atoms with Crippen LogP contribution in [-0.2, 0) is 16.6 Å². The predicted octanol–water partition coefficient (Wildman–Crippen LogP) is 4.24. The lowest BCUT2D eigenvalue weighted by molar-refractivity contribution is 0.354. The van der Waals surface area contributed by atoms with Crippen LogP contribution in [0.1, 0.15) is 5.56 Å². The molecule has 0 aliphatic rings. The fraction of sp³-hybridized carbons (Fsp3) is 0.143. The molecule has 5 nitrogen and oxygen atoms in total. The van der Waals surface area contributed by atoms with Crippen molar-refractivity contribution in [2.45, 2.75) is 11.4 Å². The summed E-state index contributed by atoms with van der Waals surface area (Å²) in [6.07, 6.45) is 0. The van der Waals surface area contributed by atoms with E-state index in [1.807, 2.05) is 0 Å². The van der Waals surface area contributed by atoms with Crippen molar-refractivity contribution in [3.8, 4) is 11.5 Å². The highest BCUT2D eigenvalue weighted by molar-refractivity contribution is 7.92. The number of hydrogen-bond donors (Lipinski definition) is 0. The van der Waals surface area contributed by atoms with Gasteiger partial charge in [-0.1, -0.05) is 30.3 Å². The van der Waals surface area contributed by atoms with Crippen LogP contribution >= 0.6 is 0 Å². The minimum Gasteiger partial charge on any atom is -0.493 e. The molecule has 0 bridgehead atoms. The Hall–Kier alpha value is -3.06. The molecule has 0 unspecified atom stereocenters. The number of methoxy groups -OCH3 is 2. The second kappa shape index (κ2) is 8.31. The third-order valence-corrected chi connectivity index (χ3v) is 5.99. The summed E-state index contributed by atoms with van der Waals surface area (Å²) in [5.74, 6) is 0.504. The molecule has 7 heteroatoms. The highest BCUT2D eigenvalue weighted by Crippen LogP contribution is 2.31. The van der Waals surface area contributed by atoms with Crippen molar-refractivity contribution in [2.24, 2.45) is 0 Å². The van der Waals surface area contributed by atoms with E-state index in [9.17, 15) is 12.8 Å². The monoisotopic (exact) mass is 401 g/mol. The summed E-state index contributed by atoms with van der Waals surface area (Å²) in [5, 5.41) is 0. The van der Waals surface area contributed by atoms with Crippen molar-refractivity contribution < 1.29 is 22.3 Å². The normalized spacial score (nSPS) is 11.1. The van der Waals surface area contributed by atoms with Gasteiger partial charge < -0.3 is 9.47 Å². The van der Waals surface area contributed by atoms with Crippen LogP contribution in [0.3, 0.4) is 0 Å². The van der Waals surface area contributed by atoms with Crippen LogP contribution in [-0.4, -0.2) is 22.6 Å². The minimum atomic E-state index is -3.91. The Morgan fingerprint density at radius 3 is 2.21 bits per heavy atom. The smallest absolute Gasteiger partial charge is 0.264 e. The number of anilines is 1. The average Bonchev–Trinajstić information content (AvgIpc) is 2.72. The second-order valence-corrected chi connectivity index (χ2v) is 7.86. The average molecular weight is 401 g/mol. The number of ether oxygens (including phenoxy) is 2. The number of sulfonamides is 1. The first-order valence-corrected chi connectivity index (χ1v) is 9.94. The van der Waals surface area contributed by atoms with E-state index < -0.39 is 15.8 Å². The summed E-state index contributed by atoms with van der Waals surface area (Å²) in [6, 6.07) is 18.7. The van der Waals surface area contributed by atoms with Crippen LogP contribution in [0.25, 0.3) is 0 Å². The summed E-state index contributed by atoms with van der Waals surface area (Å²) in [4.78, 5) is 0.125. The molecule has 0 N–H and O–H groups in total. The highest BCUT2D eigenvalue weighted by atomic mass is 32.2. The minimum absolute atomic E-state index is 0.00103. The molecule has 0 atom stereocenters. The molecule has 146 valence electrons. The maximum Gasteiger partial charge on any atom is 0.264 e. The summed E-state index contributed by atoms with van der Waals surface area (Å²) in [5.41, 5.74) is 0.903. The van der Waals surface area contributed by atoms with Gasteiger partial charge in [-0.25, -0.2) is 12.8 Å². The van der Waals surface area contributed by atoms with Crippen molar-refractivity contribution >= 4 is 15.7 Å². The van der Waals surface area contributed by atoms with Gasteiger partial charge in [0.25, 0.3) is 10.0 Å². The van der Waals surface area contributed by atoms with Crippen LogP contribution in [0.15, 0.2) is 77.7 Å². The molecule has 3 aromatic carbocycles. The molecule has 3 aromatic rings. The molecule has 0 saturated heterocycles. The lowest BCUT2D eigenvalue weighted by Crippen LogP contribution is -2.30. The van der Waals surface area contributed by atoms with E-state index in [0.29, 0.717) is 17.1 Å². The van der Waals surface area contributed by atoms with E-state index in [1.54, 1.807) is 42.5 Å². The lowest BCUT2D eigenvalue weighted by Gasteiger charge is -2.25. The zero-order chi connectivity index (χ0) is 20.1. The summed E-state index contributed by atoms with van der Waals surface area (Å²) in [6.45, 7) is 0.00103. The van der Waals surface area contributed by atoms with Crippen LogP contribution in [0.2, 0.25) is 0 Å². The van der Waals surface area contributed by atoms with Crippen molar-refractivity contribution in [2.75, 3.05) is 18.5 Å². The van der Waals surface area contributed by atoms with Crippen molar-refractivity contribution in [3.63, 3.8) is 0 Å². The molecule has 0 aliphatic carbocycles. The van der Waals surface area contributed by atoms with Gasteiger partial charge in [-0.2, -0.15) is 0 Å². The van der Waals surface area contributed by atoms with E-state index in [1.165, 1.54) is 48.9 Å². The Kier molecular flexibility index (Phi) is 5.84. The molecule has 0 fully saturated rings.